The van der Waals surface area contributed by atoms with E-state index in [1.807, 2.05) is 12.3 Å². The zero-order valence-corrected chi connectivity index (χ0v) is 7.51. The van der Waals surface area contributed by atoms with Crippen LogP contribution in [-0.2, 0) is 0 Å². The van der Waals surface area contributed by atoms with E-state index in [1.54, 1.807) is 10.7 Å². The van der Waals surface area contributed by atoms with Crippen molar-refractivity contribution in [1.82, 2.24) is 14.6 Å². The fourth-order valence-corrected chi connectivity index (χ4v) is 1.65. The van der Waals surface area contributed by atoms with E-state index >= 15 is 0 Å². The summed E-state index contributed by atoms with van der Waals surface area (Å²) in [6, 6.07) is 4.01. The van der Waals surface area contributed by atoms with Gasteiger partial charge in [-0.1, -0.05) is 0 Å². The third-order valence-electron chi connectivity index (χ3n) is 2.50. The highest BCUT2D eigenvalue weighted by atomic mass is 15.3. The van der Waals surface area contributed by atoms with Crippen molar-refractivity contribution >= 4 is 5.65 Å². The van der Waals surface area contributed by atoms with Crippen LogP contribution in [-0.4, -0.2) is 14.6 Å². The van der Waals surface area contributed by atoms with E-state index in [1.165, 1.54) is 0 Å². The molecule has 0 aromatic carbocycles. The molecule has 1 aliphatic rings. The van der Waals surface area contributed by atoms with Gasteiger partial charge in [-0.25, -0.2) is 9.50 Å². The van der Waals surface area contributed by atoms with Crippen LogP contribution in [0.15, 0.2) is 18.5 Å². The number of rotatable bonds is 1. The highest BCUT2D eigenvalue weighted by molar-refractivity contribution is 5.58. The molecule has 1 fully saturated rings. The summed E-state index contributed by atoms with van der Waals surface area (Å²) in [5.41, 5.74) is 2.25. The lowest BCUT2D eigenvalue weighted by atomic mass is 10.2. The van der Waals surface area contributed by atoms with Crippen LogP contribution < -0.4 is 0 Å². The SMILES string of the molecule is N#Cc1c(C2CC2)nn2cccnc12. The van der Waals surface area contributed by atoms with Crippen LogP contribution in [0, 0.1) is 11.3 Å². The predicted octanol–water partition coefficient (Wildman–Crippen LogP) is 1.48. The van der Waals surface area contributed by atoms with Gasteiger partial charge >= 0.3 is 0 Å². The van der Waals surface area contributed by atoms with Gasteiger partial charge in [0.1, 0.15) is 11.6 Å². The molecule has 0 N–H and O–H groups in total. The first-order valence-electron chi connectivity index (χ1n) is 4.63. The van der Waals surface area contributed by atoms with Crippen LogP contribution in [0.5, 0.6) is 0 Å². The first-order chi connectivity index (χ1) is 6.90. The molecule has 0 amide bonds. The monoisotopic (exact) mass is 184 g/mol. The van der Waals surface area contributed by atoms with Crippen LogP contribution >= 0.6 is 0 Å². The second kappa shape index (κ2) is 2.55. The van der Waals surface area contributed by atoms with Crippen molar-refractivity contribution in [2.75, 3.05) is 0 Å². The van der Waals surface area contributed by atoms with Crippen molar-refractivity contribution in [3.63, 3.8) is 0 Å². The summed E-state index contributed by atoms with van der Waals surface area (Å²) < 4.78 is 1.69. The molecule has 0 unspecified atom stereocenters. The average Bonchev–Trinajstić information content (AvgIpc) is 2.99. The van der Waals surface area contributed by atoms with E-state index in [-0.39, 0.29) is 0 Å². The summed E-state index contributed by atoms with van der Waals surface area (Å²) in [4.78, 5) is 4.16. The number of fused-ring (bicyclic) bond motifs is 1. The second-order valence-electron chi connectivity index (χ2n) is 3.53. The van der Waals surface area contributed by atoms with Gasteiger partial charge in [-0.05, 0) is 18.9 Å². The van der Waals surface area contributed by atoms with E-state index < -0.39 is 0 Å². The zero-order valence-electron chi connectivity index (χ0n) is 7.51. The highest BCUT2D eigenvalue weighted by Gasteiger charge is 2.30. The summed E-state index contributed by atoms with van der Waals surface area (Å²) in [5, 5.41) is 13.4. The van der Waals surface area contributed by atoms with Crippen LogP contribution in [0.3, 0.4) is 0 Å². The summed E-state index contributed by atoms with van der Waals surface area (Å²) >= 11 is 0. The Labute approximate surface area is 80.8 Å². The Morgan fingerprint density at radius 3 is 3.07 bits per heavy atom. The maximum Gasteiger partial charge on any atom is 0.173 e. The minimum absolute atomic E-state index is 0.492. The number of aromatic nitrogens is 3. The maximum atomic E-state index is 9.04. The smallest absolute Gasteiger partial charge is 0.173 e. The molecule has 0 atom stereocenters. The average molecular weight is 184 g/mol. The standard InChI is InChI=1S/C10H8N4/c11-6-8-9(7-2-3-7)13-14-5-1-4-12-10(8)14/h1,4-5,7H,2-3H2. The topological polar surface area (TPSA) is 54.0 Å². The minimum Gasteiger partial charge on any atom is -0.236 e. The Morgan fingerprint density at radius 2 is 2.36 bits per heavy atom. The van der Waals surface area contributed by atoms with E-state index in [2.05, 4.69) is 16.2 Å². The van der Waals surface area contributed by atoms with E-state index in [9.17, 15) is 0 Å². The first kappa shape index (κ1) is 7.51. The van der Waals surface area contributed by atoms with Crippen molar-refractivity contribution in [2.45, 2.75) is 18.8 Å². The lowest BCUT2D eigenvalue weighted by Crippen LogP contribution is -1.87. The third-order valence-corrected chi connectivity index (χ3v) is 2.50. The number of nitriles is 1. The number of hydrogen-bond acceptors (Lipinski definition) is 3. The Morgan fingerprint density at radius 1 is 1.50 bits per heavy atom. The van der Waals surface area contributed by atoms with Gasteiger partial charge in [0.2, 0.25) is 0 Å². The van der Waals surface area contributed by atoms with Gasteiger partial charge in [-0.2, -0.15) is 10.4 Å². The zero-order chi connectivity index (χ0) is 9.54. The number of hydrogen-bond donors (Lipinski definition) is 0. The summed E-state index contributed by atoms with van der Waals surface area (Å²) in [5.74, 6) is 0.492. The van der Waals surface area contributed by atoms with E-state index in [0.29, 0.717) is 17.1 Å². The molecule has 0 saturated heterocycles. The molecule has 1 saturated carbocycles. The Balaban J connectivity index is 2.35. The lowest BCUT2D eigenvalue weighted by molar-refractivity contribution is 0.881. The molecular weight excluding hydrogens is 176 g/mol. The molecule has 4 nitrogen and oxygen atoms in total. The van der Waals surface area contributed by atoms with Crippen LogP contribution in [0.25, 0.3) is 5.65 Å². The molecule has 0 spiro atoms. The quantitative estimate of drug-likeness (QED) is 0.674. The van der Waals surface area contributed by atoms with Crippen molar-refractivity contribution in [3.8, 4) is 6.07 Å². The summed E-state index contributed by atoms with van der Waals surface area (Å²) in [6.07, 6.45) is 5.82. The van der Waals surface area contributed by atoms with Crippen LogP contribution in [0.1, 0.15) is 30.0 Å². The van der Waals surface area contributed by atoms with Crippen molar-refractivity contribution in [3.05, 3.63) is 29.7 Å². The second-order valence-corrected chi connectivity index (χ2v) is 3.53. The van der Waals surface area contributed by atoms with Crippen LogP contribution in [0.4, 0.5) is 0 Å². The van der Waals surface area contributed by atoms with Gasteiger partial charge in [0.15, 0.2) is 5.65 Å². The molecule has 0 bridgehead atoms. The molecule has 14 heavy (non-hydrogen) atoms. The molecule has 1 aliphatic carbocycles. The first-order valence-corrected chi connectivity index (χ1v) is 4.63. The summed E-state index contributed by atoms with van der Waals surface area (Å²) in [7, 11) is 0. The van der Waals surface area contributed by atoms with E-state index in [0.717, 1.165) is 18.5 Å². The summed E-state index contributed by atoms with van der Waals surface area (Å²) in [6.45, 7) is 0. The van der Waals surface area contributed by atoms with Crippen molar-refractivity contribution in [1.29, 1.82) is 5.26 Å². The highest BCUT2D eigenvalue weighted by Crippen LogP contribution is 2.41. The molecule has 3 rings (SSSR count). The molecule has 4 heteroatoms. The predicted molar refractivity (Wildman–Crippen MR) is 49.7 cm³/mol. The fourth-order valence-electron chi connectivity index (χ4n) is 1.65. The molecular formula is C10H8N4. The lowest BCUT2D eigenvalue weighted by Gasteiger charge is -1.87. The fraction of sp³-hybridized carbons (Fsp3) is 0.300. The molecule has 0 radical (unpaired) electrons. The largest absolute Gasteiger partial charge is 0.236 e. The minimum atomic E-state index is 0.492. The maximum absolute atomic E-state index is 9.04. The molecule has 68 valence electrons. The van der Waals surface area contributed by atoms with Gasteiger partial charge in [-0.3, -0.25) is 0 Å². The van der Waals surface area contributed by atoms with Gasteiger partial charge in [0.05, 0.1) is 5.69 Å². The van der Waals surface area contributed by atoms with Crippen LogP contribution in [0.2, 0.25) is 0 Å². The van der Waals surface area contributed by atoms with Gasteiger partial charge in [0.25, 0.3) is 0 Å². The van der Waals surface area contributed by atoms with Gasteiger partial charge in [0, 0.05) is 18.3 Å². The van der Waals surface area contributed by atoms with Crippen molar-refractivity contribution in [2.24, 2.45) is 0 Å². The normalized spacial score (nSPS) is 15.6. The Bertz CT molecular complexity index is 531. The van der Waals surface area contributed by atoms with Crippen molar-refractivity contribution < 1.29 is 0 Å². The van der Waals surface area contributed by atoms with Gasteiger partial charge < -0.3 is 0 Å². The Kier molecular flexibility index (Phi) is 1.37. The molecule has 0 aliphatic heterocycles. The van der Waals surface area contributed by atoms with Gasteiger partial charge in [-0.15, -0.1) is 0 Å². The Hall–Kier alpha value is -1.89. The number of nitrogens with zero attached hydrogens (tertiary/aromatic N) is 4. The molecule has 2 aromatic rings. The molecule has 2 aromatic heterocycles. The van der Waals surface area contributed by atoms with E-state index in [4.69, 9.17) is 5.26 Å². The third kappa shape index (κ3) is 0.925. The molecule has 2 heterocycles.